The molecule has 126 valence electrons. The molecule has 2 aromatic rings. The molecule has 0 saturated carbocycles. The van der Waals surface area contributed by atoms with E-state index in [1.165, 1.54) is 6.08 Å². The number of benzene rings is 1. The van der Waals surface area contributed by atoms with Crippen molar-refractivity contribution in [3.8, 4) is 11.5 Å². The first-order valence-electron chi connectivity index (χ1n) is 8.05. The van der Waals surface area contributed by atoms with Gasteiger partial charge >= 0.3 is 0 Å². The average Bonchev–Trinajstić information content (AvgIpc) is 3.10. The molecule has 1 atom stereocenters. The first-order valence-corrected chi connectivity index (χ1v) is 8.05. The minimum Gasteiger partial charge on any atom is -0.486 e. The Kier molecular flexibility index (Phi) is 4.89. The van der Waals surface area contributed by atoms with Crippen LogP contribution >= 0.6 is 0 Å². The van der Waals surface area contributed by atoms with E-state index in [2.05, 4.69) is 19.2 Å². The predicted octanol–water partition coefficient (Wildman–Crippen LogP) is 3.58. The maximum Gasteiger partial charge on any atom is 0.244 e. The van der Waals surface area contributed by atoms with Crippen molar-refractivity contribution >= 4 is 12.0 Å². The molecule has 24 heavy (non-hydrogen) atoms. The van der Waals surface area contributed by atoms with Gasteiger partial charge in [0.1, 0.15) is 19.0 Å². The van der Waals surface area contributed by atoms with Gasteiger partial charge in [0.25, 0.3) is 0 Å². The minimum absolute atomic E-state index is 0.116. The summed E-state index contributed by atoms with van der Waals surface area (Å²) < 4.78 is 16.4. The smallest absolute Gasteiger partial charge is 0.244 e. The highest BCUT2D eigenvalue weighted by atomic mass is 16.6. The summed E-state index contributed by atoms with van der Waals surface area (Å²) in [4.78, 5) is 12.2. The lowest BCUT2D eigenvalue weighted by atomic mass is 9.95. The Morgan fingerprint density at radius 3 is 2.67 bits per heavy atom. The molecule has 0 bridgehead atoms. The van der Waals surface area contributed by atoms with E-state index >= 15 is 0 Å². The molecule has 0 saturated heterocycles. The van der Waals surface area contributed by atoms with E-state index in [1.54, 1.807) is 24.5 Å². The van der Waals surface area contributed by atoms with Crippen LogP contribution < -0.4 is 14.8 Å². The predicted molar refractivity (Wildman–Crippen MR) is 90.9 cm³/mol. The fraction of sp³-hybridized carbons (Fsp3) is 0.316. The van der Waals surface area contributed by atoms with Crippen LogP contribution in [0.1, 0.15) is 31.2 Å². The number of hydrogen-bond donors (Lipinski definition) is 1. The van der Waals surface area contributed by atoms with Crippen molar-refractivity contribution in [1.29, 1.82) is 0 Å². The molecule has 0 spiro atoms. The maximum absolute atomic E-state index is 12.2. The summed E-state index contributed by atoms with van der Waals surface area (Å²) in [6.07, 6.45) is 4.70. The zero-order chi connectivity index (χ0) is 16.9. The van der Waals surface area contributed by atoms with Crippen molar-refractivity contribution in [1.82, 2.24) is 5.32 Å². The summed E-state index contributed by atoms with van der Waals surface area (Å²) in [7, 11) is 0. The van der Waals surface area contributed by atoms with E-state index in [-0.39, 0.29) is 17.9 Å². The van der Waals surface area contributed by atoms with E-state index in [1.807, 2.05) is 18.2 Å². The monoisotopic (exact) mass is 327 g/mol. The third kappa shape index (κ3) is 3.79. The Morgan fingerprint density at radius 2 is 1.96 bits per heavy atom. The van der Waals surface area contributed by atoms with Crippen molar-refractivity contribution in [2.24, 2.45) is 5.92 Å². The molecular formula is C19H21NO4. The lowest BCUT2D eigenvalue weighted by molar-refractivity contribution is -0.117. The molecule has 0 radical (unpaired) electrons. The highest BCUT2D eigenvalue weighted by molar-refractivity contribution is 5.91. The van der Waals surface area contributed by atoms with Crippen LogP contribution in [0.5, 0.6) is 11.5 Å². The molecule has 1 amide bonds. The van der Waals surface area contributed by atoms with Crippen molar-refractivity contribution in [2.75, 3.05) is 13.2 Å². The number of nitrogens with one attached hydrogen (secondary N) is 1. The summed E-state index contributed by atoms with van der Waals surface area (Å²) in [6.45, 7) is 5.24. The van der Waals surface area contributed by atoms with Crippen LogP contribution in [0.3, 0.4) is 0 Å². The molecule has 0 fully saturated rings. The van der Waals surface area contributed by atoms with E-state index in [4.69, 9.17) is 13.9 Å². The molecule has 1 aliphatic rings. The van der Waals surface area contributed by atoms with Gasteiger partial charge in [0.2, 0.25) is 5.91 Å². The van der Waals surface area contributed by atoms with Gasteiger partial charge in [-0.2, -0.15) is 0 Å². The second-order valence-corrected chi connectivity index (χ2v) is 5.98. The van der Waals surface area contributed by atoms with Crippen LogP contribution in [0.15, 0.2) is 47.1 Å². The second kappa shape index (κ2) is 7.25. The zero-order valence-electron chi connectivity index (χ0n) is 13.8. The van der Waals surface area contributed by atoms with E-state index in [9.17, 15) is 4.79 Å². The summed E-state index contributed by atoms with van der Waals surface area (Å²) in [5.41, 5.74) is 0.994. The molecule has 1 aromatic carbocycles. The number of fused-ring (bicyclic) bond motifs is 1. The first-order chi connectivity index (χ1) is 11.6. The highest BCUT2D eigenvalue weighted by Gasteiger charge is 2.20. The lowest BCUT2D eigenvalue weighted by Crippen LogP contribution is -2.30. The summed E-state index contributed by atoms with van der Waals surface area (Å²) in [5, 5.41) is 3.04. The van der Waals surface area contributed by atoms with E-state index < -0.39 is 0 Å². The molecular weight excluding hydrogens is 306 g/mol. The van der Waals surface area contributed by atoms with Crippen molar-refractivity contribution in [3.63, 3.8) is 0 Å². The number of amides is 1. The first kappa shape index (κ1) is 16.2. The topological polar surface area (TPSA) is 60.7 Å². The summed E-state index contributed by atoms with van der Waals surface area (Å²) in [6, 6.07) is 9.26. The average molecular weight is 327 g/mol. The van der Waals surface area contributed by atoms with Crippen molar-refractivity contribution < 1.29 is 18.7 Å². The maximum atomic E-state index is 12.2. The standard InChI is InChI=1S/C19H21NO4/c1-13(2)19(20-18(21)8-6-15-4-3-9-22-15)14-5-7-16-17(12-14)24-11-10-23-16/h3-9,12-13,19H,10-11H2,1-2H3,(H,20,21). The molecule has 5 heteroatoms. The summed E-state index contributed by atoms with van der Waals surface area (Å²) in [5.74, 6) is 2.18. The fourth-order valence-corrected chi connectivity index (χ4v) is 2.63. The van der Waals surface area contributed by atoms with E-state index in [0.717, 1.165) is 17.1 Å². The third-order valence-corrected chi connectivity index (χ3v) is 3.83. The van der Waals surface area contributed by atoms with Gasteiger partial charge in [-0.1, -0.05) is 19.9 Å². The Balaban J connectivity index is 1.73. The zero-order valence-corrected chi connectivity index (χ0v) is 13.8. The number of carbonyl (C=O) groups excluding carboxylic acids is 1. The Morgan fingerprint density at radius 1 is 1.17 bits per heavy atom. The van der Waals surface area contributed by atoms with Crippen molar-refractivity contribution in [2.45, 2.75) is 19.9 Å². The third-order valence-electron chi connectivity index (χ3n) is 3.83. The molecule has 5 nitrogen and oxygen atoms in total. The molecule has 1 aliphatic heterocycles. The number of rotatable bonds is 5. The molecule has 1 aromatic heterocycles. The van der Waals surface area contributed by atoms with Crippen LogP contribution in [0.25, 0.3) is 6.08 Å². The molecule has 1 N–H and O–H groups in total. The number of furan rings is 1. The van der Waals surface area contributed by atoms with Crippen LogP contribution in [-0.4, -0.2) is 19.1 Å². The SMILES string of the molecule is CC(C)C(NC(=O)C=Cc1ccco1)c1ccc2c(c1)OCCO2. The minimum atomic E-state index is -0.167. The van der Waals surface area contributed by atoms with Crippen LogP contribution in [0.4, 0.5) is 0 Å². The van der Waals surface area contributed by atoms with Gasteiger partial charge in [-0.15, -0.1) is 0 Å². The highest BCUT2D eigenvalue weighted by Crippen LogP contribution is 2.34. The van der Waals surface area contributed by atoms with Crippen LogP contribution in [0.2, 0.25) is 0 Å². The van der Waals surface area contributed by atoms with Gasteiger partial charge in [0.05, 0.1) is 12.3 Å². The van der Waals surface area contributed by atoms with Crippen molar-refractivity contribution in [3.05, 3.63) is 54.0 Å². The fourth-order valence-electron chi connectivity index (χ4n) is 2.63. The number of carbonyl (C=O) groups is 1. The normalized spacial score (nSPS) is 14.8. The quantitative estimate of drug-likeness (QED) is 0.853. The van der Waals surface area contributed by atoms with Gasteiger partial charge < -0.3 is 19.2 Å². The second-order valence-electron chi connectivity index (χ2n) is 5.98. The van der Waals surface area contributed by atoms with Gasteiger partial charge in [0, 0.05) is 6.08 Å². The van der Waals surface area contributed by atoms with Gasteiger partial charge in [0.15, 0.2) is 11.5 Å². The van der Waals surface area contributed by atoms with Crippen LogP contribution in [0, 0.1) is 5.92 Å². The summed E-state index contributed by atoms with van der Waals surface area (Å²) >= 11 is 0. The molecule has 3 rings (SSSR count). The van der Waals surface area contributed by atoms with Gasteiger partial charge in [-0.3, -0.25) is 4.79 Å². The Labute approximate surface area is 141 Å². The van der Waals surface area contributed by atoms with Gasteiger partial charge in [-0.05, 0) is 41.8 Å². The number of hydrogen-bond acceptors (Lipinski definition) is 4. The molecule has 1 unspecified atom stereocenters. The molecule has 2 heterocycles. The largest absolute Gasteiger partial charge is 0.486 e. The van der Waals surface area contributed by atoms with Gasteiger partial charge in [-0.25, -0.2) is 0 Å². The Bertz CT molecular complexity index is 719. The lowest BCUT2D eigenvalue weighted by Gasteiger charge is -2.25. The Hall–Kier alpha value is -2.69. The molecule has 0 aliphatic carbocycles. The number of ether oxygens (including phenoxy) is 2. The van der Waals surface area contributed by atoms with E-state index in [0.29, 0.717) is 19.0 Å². The van der Waals surface area contributed by atoms with Crippen LogP contribution in [-0.2, 0) is 4.79 Å².